The van der Waals surface area contributed by atoms with Gasteiger partial charge in [0.25, 0.3) is 0 Å². The van der Waals surface area contributed by atoms with E-state index in [0.717, 1.165) is 5.56 Å². The summed E-state index contributed by atoms with van der Waals surface area (Å²) in [6.45, 7) is 1.90. The van der Waals surface area contributed by atoms with Crippen LogP contribution in [-0.2, 0) is 0 Å². The topological polar surface area (TPSA) is 66.6 Å². The number of benzene rings is 1. The molecule has 2 rings (SSSR count). The third kappa shape index (κ3) is 3.86. The fourth-order valence-electron chi connectivity index (χ4n) is 2.02. The van der Waals surface area contributed by atoms with Gasteiger partial charge in [-0.25, -0.2) is 0 Å². The molecular formula is C16H20N2O3. The van der Waals surface area contributed by atoms with Crippen molar-refractivity contribution < 1.29 is 14.2 Å². The Kier molecular flexibility index (Phi) is 5.00. The van der Waals surface area contributed by atoms with Crippen LogP contribution in [0.5, 0.6) is 17.2 Å². The molecule has 0 saturated heterocycles. The number of ether oxygens (including phenoxy) is 3. The van der Waals surface area contributed by atoms with Crippen molar-refractivity contribution in [2.75, 3.05) is 14.2 Å². The molecule has 0 amide bonds. The first-order valence-corrected chi connectivity index (χ1v) is 6.69. The average Bonchev–Trinajstić information content (AvgIpc) is 2.52. The second-order valence-corrected chi connectivity index (χ2v) is 4.73. The molecule has 1 heterocycles. The van der Waals surface area contributed by atoms with E-state index in [0.29, 0.717) is 17.2 Å². The molecule has 0 spiro atoms. The highest BCUT2D eigenvalue weighted by Gasteiger charge is 2.19. The van der Waals surface area contributed by atoms with Gasteiger partial charge in [-0.1, -0.05) is 6.07 Å². The lowest BCUT2D eigenvalue weighted by Gasteiger charge is -2.23. The van der Waals surface area contributed by atoms with Crippen LogP contribution in [0.2, 0.25) is 0 Å². The van der Waals surface area contributed by atoms with Crippen LogP contribution in [0.1, 0.15) is 18.6 Å². The van der Waals surface area contributed by atoms with E-state index in [4.69, 9.17) is 19.9 Å². The van der Waals surface area contributed by atoms with Gasteiger partial charge in [-0.2, -0.15) is 0 Å². The molecule has 5 heteroatoms. The van der Waals surface area contributed by atoms with Crippen molar-refractivity contribution in [3.05, 3.63) is 48.3 Å². The number of nitrogens with two attached hydrogens (primary N) is 1. The smallest absolute Gasteiger partial charge is 0.140 e. The summed E-state index contributed by atoms with van der Waals surface area (Å²) in [7, 11) is 3.20. The molecule has 2 atom stereocenters. The zero-order valence-corrected chi connectivity index (χ0v) is 12.4. The third-order valence-corrected chi connectivity index (χ3v) is 3.08. The largest absolute Gasteiger partial charge is 0.496 e. The van der Waals surface area contributed by atoms with Crippen molar-refractivity contribution in [2.24, 2.45) is 5.73 Å². The Hall–Kier alpha value is -2.27. The molecule has 2 N–H and O–H groups in total. The summed E-state index contributed by atoms with van der Waals surface area (Å²) < 4.78 is 16.5. The van der Waals surface area contributed by atoms with Crippen molar-refractivity contribution in [2.45, 2.75) is 19.1 Å². The van der Waals surface area contributed by atoms with Gasteiger partial charge in [0.1, 0.15) is 23.4 Å². The highest BCUT2D eigenvalue weighted by molar-refractivity contribution is 5.42. The van der Waals surface area contributed by atoms with Gasteiger partial charge in [-0.3, -0.25) is 4.98 Å². The highest BCUT2D eigenvalue weighted by Crippen LogP contribution is 2.31. The van der Waals surface area contributed by atoms with Crippen molar-refractivity contribution >= 4 is 0 Å². The molecular weight excluding hydrogens is 268 g/mol. The zero-order valence-electron chi connectivity index (χ0n) is 12.4. The molecule has 0 bridgehead atoms. The average molecular weight is 288 g/mol. The minimum absolute atomic E-state index is 0.189. The number of aromatic nitrogens is 1. The second-order valence-electron chi connectivity index (χ2n) is 4.73. The molecule has 2 unspecified atom stereocenters. The number of nitrogens with zero attached hydrogens (tertiary/aromatic N) is 1. The molecule has 1 aromatic carbocycles. The minimum atomic E-state index is -0.296. The quantitative estimate of drug-likeness (QED) is 0.885. The number of hydrogen-bond donors (Lipinski definition) is 1. The Morgan fingerprint density at radius 3 is 2.14 bits per heavy atom. The maximum Gasteiger partial charge on any atom is 0.140 e. The summed E-state index contributed by atoms with van der Waals surface area (Å²) in [6.07, 6.45) is 3.18. The van der Waals surface area contributed by atoms with Crippen LogP contribution in [0.4, 0.5) is 0 Å². The SMILES string of the molecule is COc1cc(OC)cc(OC(c2cccnc2)C(C)N)c1. The fourth-order valence-corrected chi connectivity index (χ4v) is 2.02. The predicted molar refractivity (Wildman–Crippen MR) is 80.8 cm³/mol. The van der Waals surface area contributed by atoms with E-state index in [2.05, 4.69) is 4.98 Å². The maximum absolute atomic E-state index is 6.04. The van der Waals surface area contributed by atoms with Crippen molar-refractivity contribution in [3.8, 4) is 17.2 Å². The molecule has 1 aromatic heterocycles. The van der Waals surface area contributed by atoms with Gasteiger partial charge in [-0.15, -0.1) is 0 Å². The molecule has 0 aliphatic carbocycles. The van der Waals surface area contributed by atoms with Gasteiger partial charge in [0.15, 0.2) is 0 Å². The van der Waals surface area contributed by atoms with Gasteiger partial charge in [0, 0.05) is 42.2 Å². The van der Waals surface area contributed by atoms with Gasteiger partial charge in [0.2, 0.25) is 0 Å². The molecule has 0 saturated carbocycles. The second kappa shape index (κ2) is 6.95. The zero-order chi connectivity index (χ0) is 15.2. The van der Waals surface area contributed by atoms with E-state index in [1.165, 1.54) is 0 Å². The Morgan fingerprint density at radius 2 is 1.67 bits per heavy atom. The minimum Gasteiger partial charge on any atom is -0.496 e. The van der Waals surface area contributed by atoms with E-state index < -0.39 is 0 Å². The summed E-state index contributed by atoms with van der Waals surface area (Å²) in [5.74, 6) is 1.97. The number of hydrogen-bond acceptors (Lipinski definition) is 5. The first kappa shape index (κ1) is 15.1. The molecule has 0 radical (unpaired) electrons. The fraction of sp³-hybridized carbons (Fsp3) is 0.312. The van der Waals surface area contributed by atoms with Gasteiger partial charge in [0.05, 0.1) is 14.2 Å². The molecule has 2 aromatic rings. The lowest BCUT2D eigenvalue weighted by atomic mass is 10.1. The van der Waals surface area contributed by atoms with Crippen molar-refractivity contribution in [3.63, 3.8) is 0 Å². The summed E-state index contributed by atoms with van der Waals surface area (Å²) in [6, 6.07) is 9.00. The summed E-state index contributed by atoms with van der Waals surface area (Å²) in [5, 5.41) is 0. The van der Waals surface area contributed by atoms with E-state index in [1.807, 2.05) is 19.1 Å². The maximum atomic E-state index is 6.04. The standard InChI is InChI=1S/C16H20N2O3/c1-11(17)16(12-5-4-6-18-10-12)21-15-8-13(19-2)7-14(9-15)20-3/h4-11,16H,17H2,1-3H3. The first-order chi connectivity index (χ1) is 10.1. The van der Waals surface area contributed by atoms with E-state index in [9.17, 15) is 0 Å². The van der Waals surface area contributed by atoms with Crippen molar-refractivity contribution in [1.29, 1.82) is 0 Å². The van der Waals surface area contributed by atoms with Crippen LogP contribution < -0.4 is 19.9 Å². The summed E-state index contributed by atoms with van der Waals surface area (Å²) >= 11 is 0. The summed E-state index contributed by atoms with van der Waals surface area (Å²) in [5.41, 5.74) is 6.97. The normalized spacial score (nSPS) is 13.3. The third-order valence-electron chi connectivity index (χ3n) is 3.08. The lowest BCUT2D eigenvalue weighted by molar-refractivity contribution is 0.178. The molecule has 0 aliphatic rings. The monoisotopic (exact) mass is 288 g/mol. The van der Waals surface area contributed by atoms with E-state index >= 15 is 0 Å². The molecule has 112 valence electrons. The first-order valence-electron chi connectivity index (χ1n) is 6.69. The van der Waals surface area contributed by atoms with Gasteiger partial charge >= 0.3 is 0 Å². The number of pyridine rings is 1. The van der Waals surface area contributed by atoms with Crippen LogP contribution in [0.25, 0.3) is 0 Å². The van der Waals surface area contributed by atoms with Gasteiger partial charge < -0.3 is 19.9 Å². The Morgan fingerprint density at radius 1 is 1.05 bits per heavy atom. The van der Waals surface area contributed by atoms with Crippen LogP contribution >= 0.6 is 0 Å². The molecule has 0 fully saturated rings. The molecule has 21 heavy (non-hydrogen) atoms. The van der Waals surface area contributed by atoms with E-state index in [-0.39, 0.29) is 12.1 Å². The van der Waals surface area contributed by atoms with Crippen LogP contribution in [-0.4, -0.2) is 25.2 Å². The Bertz CT molecular complexity index is 551. The van der Waals surface area contributed by atoms with Crippen molar-refractivity contribution in [1.82, 2.24) is 4.98 Å². The summed E-state index contributed by atoms with van der Waals surface area (Å²) in [4.78, 5) is 4.11. The molecule has 0 aliphatic heterocycles. The van der Waals surface area contributed by atoms with Crippen LogP contribution in [0.3, 0.4) is 0 Å². The Balaban J connectivity index is 2.29. The number of methoxy groups -OCH3 is 2. The van der Waals surface area contributed by atoms with Crippen LogP contribution in [0, 0.1) is 0 Å². The molecule has 5 nitrogen and oxygen atoms in total. The highest BCUT2D eigenvalue weighted by atomic mass is 16.5. The van der Waals surface area contributed by atoms with E-state index in [1.54, 1.807) is 44.8 Å². The van der Waals surface area contributed by atoms with Crippen LogP contribution in [0.15, 0.2) is 42.7 Å². The predicted octanol–water partition coefficient (Wildman–Crippen LogP) is 2.57. The van der Waals surface area contributed by atoms with Gasteiger partial charge in [-0.05, 0) is 13.0 Å². The number of rotatable bonds is 6. The Labute approximate surface area is 124 Å². The lowest BCUT2D eigenvalue weighted by Crippen LogP contribution is -2.29.